The van der Waals surface area contributed by atoms with Crippen molar-refractivity contribution in [2.75, 3.05) is 14.2 Å². The van der Waals surface area contributed by atoms with E-state index in [0.29, 0.717) is 6.42 Å². The highest BCUT2D eigenvalue weighted by atomic mass is 16.5. The topological polar surface area (TPSA) is 34.5 Å². The largest absolute Gasteiger partial charge is 0.496 e. The molecule has 0 aliphatic heterocycles. The van der Waals surface area contributed by atoms with Gasteiger partial charge in [0.15, 0.2) is 0 Å². The fourth-order valence-corrected chi connectivity index (χ4v) is 3.03. The van der Waals surface area contributed by atoms with Gasteiger partial charge < -0.3 is 14.2 Å². The van der Waals surface area contributed by atoms with Gasteiger partial charge in [-0.15, -0.1) is 0 Å². The third-order valence-electron chi connectivity index (χ3n) is 4.76. The molecule has 4 heteroatoms. The van der Waals surface area contributed by atoms with Gasteiger partial charge in [-0.05, 0) is 42.8 Å². The van der Waals surface area contributed by atoms with Gasteiger partial charge in [0.25, 0.3) is 0 Å². The number of ether oxygens (including phenoxy) is 1. The first-order valence-electron chi connectivity index (χ1n) is 8.71. The molecule has 1 aromatic heterocycles. The summed E-state index contributed by atoms with van der Waals surface area (Å²) in [5.41, 5.74) is 3.10. The van der Waals surface area contributed by atoms with Crippen LogP contribution in [0.4, 0.5) is 0 Å². The second kappa shape index (κ2) is 7.91. The SMILES string of the molecule is COc1ccccc1C(C)N(C)C(=O)Cc1ccc(-n2cccc2)cc1. The summed E-state index contributed by atoms with van der Waals surface area (Å²) in [4.78, 5) is 14.5. The number of hydrogen-bond acceptors (Lipinski definition) is 2. The van der Waals surface area contributed by atoms with Gasteiger partial charge in [0.1, 0.15) is 5.75 Å². The number of rotatable bonds is 6. The predicted octanol–water partition coefficient (Wildman–Crippen LogP) is 4.25. The maximum Gasteiger partial charge on any atom is 0.227 e. The van der Waals surface area contributed by atoms with Gasteiger partial charge in [0.2, 0.25) is 5.91 Å². The number of benzene rings is 2. The van der Waals surface area contributed by atoms with Gasteiger partial charge in [-0.25, -0.2) is 0 Å². The van der Waals surface area contributed by atoms with Crippen LogP contribution in [-0.4, -0.2) is 29.5 Å². The zero-order valence-corrected chi connectivity index (χ0v) is 15.4. The summed E-state index contributed by atoms with van der Waals surface area (Å²) in [6, 6.07) is 19.8. The van der Waals surface area contributed by atoms with E-state index in [2.05, 4.69) is 0 Å². The lowest BCUT2D eigenvalue weighted by Gasteiger charge is -2.26. The zero-order valence-electron chi connectivity index (χ0n) is 15.4. The highest BCUT2D eigenvalue weighted by molar-refractivity contribution is 5.79. The first-order valence-corrected chi connectivity index (χ1v) is 8.71. The van der Waals surface area contributed by atoms with E-state index in [-0.39, 0.29) is 11.9 Å². The van der Waals surface area contributed by atoms with Crippen LogP contribution < -0.4 is 4.74 Å². The summed E-state index contributed by atoms with van der Waals surface area (Å²) < 4.78 is 7.47. The van der Waals surface area contributed by atoms with Crippen LogP contribution in [0.15, 0.2) is 73.1 Å². The molecule has 0 spiro atoms. The van der Waals surface area contributed by atoms with E-state index >= 15 is 0 Å². The summed E-state index contributed by atoms with van der Waals surface area (Å²) in [5, 5.41) is 0. The van der Waals surface area contributed by atoms with Gasteiger partial charge in [-0.1, -0.05) is 30.3 Å². The molecular formula is C22H24N2O2. The van der Waals surface area contributed by atoms with E-state index in [0.717, 1.165) is 22.6 Å². The van der Waals surface area contributed by atoms with Gasteiger partial charge in [0.05, 0.1) is 19.6 Å². The van der Waals surface area contributed by atoms with Crippen LogP contribution in [0, 0.1) is 0 Å². The normalized spacial score (nSPS) is 11.8. The first-order chi connectivity index (χ1) is 12.6. The highest BCUT2D eigenvalue weighted by Crippen LogP contribution is 2.28. The molecule has 134 valence electrons. The molecule has 2 aromatic carbocycles. The summed E-state index contributed by atoms with van der Waals surface area (Å²) in [5.74, 6) is 0.882. The van der Waals surface area contributed by atoms with E-state index in [9.17, 15) is 4.79 Å². The van der Waals surface area contributed by atoms with E-state index in [1.54, 1.807) is 12.0 Å². The van der Waals surface area contributed by atoms with Crippen molar-refractivity contribution in [1.29, 1.82) is 0 Å². The minimum Gasteiger partial charge on any atom is -0.496 e. The Bertz CT molecular complexity index is 854. The van der Waals surface area contributed by atoms with Crippen molar-refractivity contribution in [3.63, 3.8) is 0 Å². The molecule has 1 unspecified atom stereocenters. The van der Waals surface area contributed by atoms with Crippen molar-refractivity contribution in [1.82, 2.24) is 9.47 Å². The fourth-order valence-electron chi connectivity index (χ4n) is 3.03. The van der Waals surface area contributed by atoms with Crippen molar-refractivity contribution in [2.45, 2.75) is 19.4 Å². The van der Waals surface area contributed by atoms with Gasteiger partial charge in [0, 0.05) is 30.7 Å². The number of hydrogen-bond donors (Lipinski definition) is 0. The van der Waals surface area contributed by atoms with Crippen LogP contribution in [0.5, 0.6) is 5.75 Å². The number of carbonyl (C=O) groups is 1. The van der Waals surface area contributed by atoms with Crippen molar-refractivity contribution in [3.05, 3.63) is 84.2 Å². The molecule has 1 atom stereocenters. The maximum atomic E-state index is 12.7. The zero-order chi connectivity index (χ0) is 18.5. The van der Waals surface area contributed by atoms with Crippen LogP contribution in [0.25, 0.3) is 5.69 Å². The highest BCUT2D eigenvalue weighted by Gasteiger charge is 2.20. The Labute approximate surface area is 154 Å². The van der Waals surface area contributed by atoms with Crippen LogP contribution in [0.3, 0.4) is 0 Å². The Balaban J connectivity index is 1.69. The van der Waals surface area contributed by atoms with Crippen molar-refractivity contribution in [2.24, 2.45) is 0 Å². The molecule has 0 aliphatic carbocycles. The second-order valence-corrected chi connectivity index (χ2v) is 6.36. The maximum absolute atomic E-state index is 12.7. The molecule has 26 heavy (non-hydrogen) atoms. The molecule has 0 fully saturated rings. The Morgan fingerprint density at radius 2 is 1.69 bits per heavy atom. The molecule has 1 heterocycles. The Kier molecular flexibility index (Phi) is 5.42. The lowest BCUT2D eigenvalue weighted by atomic mass is 10.0. The molecule has 3 rings (SSSR count). The summed E-state index contributed by atoms with van der Waals surface area (Å²) in [7, 11) is 3.49. The molecule has 1 amide bonds. The molecule has 4 nitrogen and oxygen atoms in total. The summed E-state index contributed by atoms with van der Waals surface area (Å²) >= 11 is 0. The Morgan fingerprint density at radius 3 is 2.35 bits per heavy atom. The second-order valence-electron chi connectivity index (χ2n) is 6.36. The quantitative estimate of drug-likeness (QED) is 0.667. The van der Waals surface area contributed by atoms with E-state index in [1.165, 1.54) is 0 Å². The molecular weight excluding hydrogens is 324 g/mol. The van der Waals surface area contributed by atoms with Gasteiger partial charge in [-0.3, -0.25) is 4.79 Å². The lowest BCUT2D eigenvalue weighted by Crippen LogP contribution is -2.31. The fraction of sp³-hybridized carbons (Fsp3) is 0.227. The van der Waals surface area contributed by atoms with E-state index in [4.69, 9.17) is 4.74 Å². The summed E-state index contributed by atoms with van der Waals surface area (Å²) in [6.45, 7) is 2.02. The number of carbonyl (C=O) groups excluding carboxylic acids is 1. The number of nitrogens with zero attached hydrogens (tertiary/aromatic N) is 2. The first kappa shape index (κ1) is 17.8. The minimum atomic E-state index is -0.0576. The number of amides is 1. The Morgan fingerprint density at radius 1 is 1.04 bits per heavy atom. The molecule has 0 saturated heterocycles. The van der Waals surface area contributed by atoms with Crippen molar-refractivity contribution in [3.8, 4) is 11.4 Å². The van der Waals surface area contributed by atoms with Crippen LogP contribution >= 0.6 is 0 Å². The predicted molar refractivity (Wildman–Crippen MR) is 104 cm³/mol. The third kappa shape index (κ3) is 3.80. The average molecular weight is 348 g/mol. The smallest absolute Gasteiger partial charge is 0.227 e. The number of aromatic nitrogens is 1. The molecule has 0 aliphatic rings. The lowest BCUT2D eigenvalue weighted by molar-refractivity contribution is -0.131. The van der Waals surface area contributed by atoms with Crippen molar-refractivity contribution >= 4 is 5.91 Å². The van der Waals surface area contributed by atoms with E-state index in [1.807, 2.05) is 91.6 Å². The van der Waals surface area contributed by atoms with E-state index < -0.39 is 0 Å². The third-order valence-corrected chi connectivity index (χ3v) is 4.76. The summed E-state index contributed by atoms with van der Waals surface area (Å²) in [6.07, 6.45) is 4.38. The van der Waals surface area contributed by atoms with Crippen LogP contribution in [0.2, 0.25) is 0 Å². The number of likely N-dealkylation sites (N-methyl/N-ethyl adjacent to an activating group) is 1. The molecule has 0 bridgehead atoms. The van der Waals surface area contributed by atoms with Gasteiger partial charge >= 0.3 is 0 Å². The van der Waals surface area contributed by atoms with Crippen LogP contribution in [0.1, 0.15) is 24.1 Å². The van der Waals surface area contributed by atoms with Crippen LogP contribution in [-0.2, 0) is 11.2 Å². The molecule has 0 saturated carbocycles. The minimum absolute atomic E-state index is 0.0576. The van der Waals surface area contributed by atoms with Gasteiger partial charge in [-0.2, -0.15) is 0 Å². The number of methoxy groups -OCH3 is 1. The molecule has 0 radical (unpaired) electrons. The van der Waals surface area contributed by atoms with Crippen molar-refractivity contribution < 1.29 is 9.53 Å². The standard InChI is InChI=1S/C22H24N2O2/c1-17(20-8-4-5-9-21(20)26-3)23(2)22(25)16-18-10-12-19(13-11-18)24-14-6-7-15-24/h4-15,17H,16H2,1-3H3. The molecule has 3 aromatic rings. The Hall–Kier alpha value is -3.01. The average Bonchev–Trinajstić information content (AvgIpc) is 3.22. The monoisotopic (exact) mass is 348 g/mol. The number of para-hydroxylation sites is 1. The molecule has 0 N–H and O–H groups in total.